The average Bonchev–Trinajstić information content (AvgIpc) is 3.16. The summed E-state index contributed by atoms with van der Waals surface area (Å²) in [4.78, 5) is 28.9. The summed E-state index contributed by atoms with van der Waals surface area (Å²) >= 11 is 0. The van der Waals surface area contributed by atoms with E-state index in [0.29, 0.717) is 24.0 Å². The Bertz CT molecular complexity index is 765. The zero-order valence-corrected chi connectivity index (χ0v) is 13.7. The van der Waals surface area contributed by atoms with Gasteiger partial charge in [-0.3, -0.25) is 9.59 Å². The summed E-state index contributed by atoms with van der Waals surface area (Å²) in [6, 6.07) is 1.99. The van der Waals surface area contributed by atoms with Crippen LogP contribution in [0, 0.1) is 5.92 Å². The molecule has 1 aliphatic rings. The standard InChI is InChI=1S/C15H22N6O2/c1-4-11-7-19(8-13(11)18(2)3)14(22)9-20-15(23)12-5-6-16-21(12)10-17-20/h5-6,10-11,13H,4,7-9H2,1-3H3/t11-,13+/m0/s1. The Hall–Kier alpha value is -2.22. The highest BCUT2D eigenvalue weighted by molar-refractivity contribution is 5.76. The van der Waals surface area contributed by atoms with Crippen LogP contribution in [0.3, 0.4) is 0 Å². The van der Waals surface area contributed by atoms with Gasteiger partial charge in [-0.15, -0.1) is 0 Å². The molecule has 0 bridgehead atoms. The molecule has 3 rings (SSSR count). The van der Waals surface area contributed by atoms with E-state index in [0.717, 1.165) is 13.0 Å². The third-order valence-electron chi connectivity index (χ3n) is 4.66. The summed E-state index contributed by atoms with van der Waals surface area (Å²) in [6.45, 7) is 3.56. The van der Waals surface area contributed by atoms with Gasteiger partial charge in [-0.25, -0.2) is 9.20 Å². The number of likely N-dealkylation sites (N-methyl/N-ethyl adjacent to an activating group) is 1. The number of rotatable bonds is 4. The van der Waals surface area contributed by atoms with Gasteiger partial charge in [-0.05, 0) is 26.1 Å². The molecule has 1 amide bonds. The lowest BCUT2D eigenvalue weighted by molar-refractivity contribution is -0.131. The number of hydrogen-bond donors (Lipinski definition) is 0. The fourth-order valence-electron chi connectivity index (χ4n) is 3.26. The molecule has 8 nitrogen and oxygen atoms in total. The second-order valence-corrected chi connectivity index (χ2v) is 6.25. The number of carbonyl (C=O) groups excluding carboxylic acids is 1. The number of nitrogens with zero attached hydrogens (tertiary/aromatic N) is 6. The van der Waals surface area contributed by atoms with Gasteiger partial charge in [-0.1, -0.05) is 13.3 Å². The number of likely N-dealkylation sites (tertiary alicyclic amines) is 1. The van der Waals surface area contributed by atoms with E-state index in [4.69, 9.17) is 0 Å². The highest BCUT2D eigenvalue weighted by Crippen LogP contribution is 2.23. The van der Waals surface area contributed by atoms with Crippen molar-refractivity contribution in [1.29, 1.82) is 0 Å². The Kier molecular flexibility index (Phi) is 4.16. The van der Waals surface area contributed by atoms with Gasteiger partial charge in [0.1, 0.15) is 18.4 Å². The van der Waals surface area contributed by atoms with Crippen LogP contribution in [-0.2, 0) is 11.3 Å². The molecule has 124 valence electrons. The maximum Gasteiger partial charge on any atom is 0.293 e. The highest BCUT2D eigenvalue weighted by atomic mass is 16.2. The van der Waals surface area contributed by atoms with Gasteiger partial charge < -0.3 is 9.80 Å². The fourth-order valence-corrected chi connectivity index (χ4v) is 3.26. The Balaban J connectivity index is 1.76. The Labute approximate surface area is 134 Å². The molecule has 1 saturated heterocycles. The smallest absolute Gasteiger partial charge is 0.293 e. The van der Waals surface area contributed by atoms with Crippen molar-refractivity contribution in [3.8, 4) is 0 Å². The first kappa shape index (κ1) is 15.7. The van der Waals surface area contributed by atoms with Crippen molar-refractivity contribution in [2.45, 2.75) is 25.9 Å². The topological polar surface area (TPSA) is 75.7 Å². The van der Waals surface area contributed by atoms with E-state index in [1.54, 1.807) is 12.3 Å². The van der Waals surface area contributed by atoms with Crippen LogP contribution in [-0.4, -0.2) is 68.3 Å². The molecule has 2 aromatic heterocycles. The zero-order valence-electron chi connectivity index (χ0n) is 13.7. The van der Waals surface area contributed by atoms with Crippen molar-refractivity contribution < 1.29 is 4.79 Å². The van der Waals surface area contributed by atoms with Crippen LogP contribution in [0.25, 0.3) is 5.52 Å². The summed E-state index contributed by atoms with van der Waals surface area (Å²) in [6.07, 6.45) is 4.02. The summed E-state index contributed by atoms with van der Waals surface area (Å²) in [5.41, 5.74) is 0.126. The predicted molar refractivity (Wildman–Crippen MR) is 85.1 cm³/mol. The molecule has 8 heteroatoms. The van der Waals surface area contributed by atoms with E-state index in [9.17, 15) is 9.59 Å². The molecule has 3 heterocycles. The highest BCUT2D eigenvalue weighted by Gasteiger charge is 2.35. The van der Waals surface area contributed by atoms with Crippen molar-refractivity contribution in [2.24, 2.45) is 5.92 Å². The first-order valence-electron chi connectivity index (χ1n) is 7.85. The lowest BCUT2D eigenvalue weighted by atomic mass is 10.0. The van der Waals surface area contributed by atoms with Gasteiger partial charge in [0.25, 0.3) is 5.56 Å². The maximum absolute atomic E-state index is 12.6. The minimum Gasteiger partial charge on any atom is -0.339 e. The van der Waals surface area contributed by atoms with Crippen LogP contribution >= 0.6 is 0 Å². The molecule has 2 aromatic rings. The SMILES string of the molecule is CC[C@H]1CN(C(=O)Cn2ncn3nccc3c2=O)C[C@H]1N(C)C. The molecule has 2 atom stereocenters. The molecule has 1 fully saturated rings. The lowest BCUT2D eigenvalue weighted by Gasteiger charge is -2.23. The molecule has 0 spiro atoms. The van der Waals surface area contributed by atoms with Gasteiger partial charge in [-0.2, -0.15) is 10.2 Å². The monoisotopic (exact) mass is 318 g/mol. The van der Waals surface area contributed by atoms with Gasteiger partial charge >= 0.3 is 0 Å². The first-order chi connectivity index (χ1) is 11.0. The second kappa shape index (κ2) is 6.11. The minimum absolute atomic E-state index is 0.0307. The second-order valence-electron chi connectivity index (χ2n) is 6.25. The van der Waals surface area contributed by atoms with E-state index >= 15 is 0 Å². The van der Waals surface area contributed by atoms with Gasteiger partial charge in [0.05, 0.1) is 6.20 Å². The summed E-state index contributed by atoms with van der Waals surface area (Å²) < 4.78 is 2.62. The maximum atomic E-state index is 12.6. The van der Waals surface area contributed by atoms with Gasteiger partial charge in [0.2, 0.25) is 5.91 Å². The number of carbonyl (C=O) groups is 1. The fraction of sp³-hybridized carbons (Fsp3) is 0.600. The summed E-state index contributed by atoms with van der Waals surface area (Å²) in [5, 5.41) is 8.00. The number of aromatic nitrogens is 4. The third-order valence-corrected chi connectivity index (χ3v) is 4.66. The van der Waals surface area contributed by atoms with E-state index < -0.39 is 0 Å². The molecule has 0 unspecified atom stereocenters. The zero-order chi connectivity index (χ0) is 16.6. The molecule has 0 aliphatic carbocycles. The summed E-state index contributed by atoms with van der Waals surface area (Å²) in [7, 11) is 4.09. The molecule has 1 aliphatic heterocycles. The van der Waals surface area contributed by atoms with Crippen LogP contribution in [0.1, 0.15) is 13.3 Å². The van der Waals surface area contributed by atoms with Crippen LogP contribution in [0.2, 0.25) is 0 Å². The number of fused-ring (bicyclic) bond motifs is 1. The van der Waals surface area contributed by atoms with Crippen molar-refractivity contribution >= 4 is 11.4 Å². The molecular formula is C15H22N6O2. The van der Waals surface area contributed by atoms with Crippen molar-refractivity contribution in [1.82, 2.24) is 29.2 Å². The molecule has 0 saturated carbocycles. The molecular weight excluding hydrogens is 296 g/mol. The van der Waals surface area contributed by atoms with Crippen LogP contribution in [0.15, 0.2) is 23.4 Å². The van der Waals surface area contributed by atoms with Crippen LogP contribution in [0.4, 0.5) is 0 Å². The van der Waals surface area contributed by atoms with Crippen LogP contribution in [0.5, 0.6) is 0 Å². The van der Waals surface area contributed by atoms with E-state index in [1.807, 2.05) is 19.0 Å². The Morgan fingerprint density at radius 1 is 1.35 bits per heavy atom. The third kappa shape index (κ3) is 2.86. The van der Waals surface area contributed by atoms with Crippen molar-refractivity contribution in [3.63, 3.8) is 0 Å². The first-order valence-corrected chi connectivity index (χ1v) is 7.85. The molecule has 0 radical (unpaired) electrons. The van der Waals surface area contributed by atoms with E-state index in [2.05, 4.69) is 22.0 Å². The predicted octanol–water partition coefficient (Wildman–Crippen LogP) is -0.310. The molecule has 0 N–H and O–H groups in total. The Morgan fingerprint density at radius 3 is 2.78 bits per heavy atom. The lowest BCUT2D eigenvalue weighted by Crippen LogP contribution is -2.39. The largest absolute Gasteiger partial charge is 0.339 e. The van der Waals surface area contributed by atoms with Crippen molar-refractivity contribution in [3.05, 3.63) is 28.9 Å². The van der Waals surface area contributed by atoms with Gasteiger partial charge in [0.15, 0.2) is 0 Å². The van der Waals surface area contributed by atoms with E-state index in [1.165, 1.54) is 15.5 Å². The average molecular weight is 318 g/mol. The van der Waals surface area contributed by atoms with Crippen molar-refractivity contribution in [2.75, 3.05) is 27.2 Å². The Morgan fingerprint density at radius 2 is 2.13 bits per heavy atom. The normalized spacial score (nSPS) is 21.5. The molecule has 23 heavy (non-hydrogen) atoms. The number of hydrogen-bond acceptors (Lipinski definition) is 5. The molecule has 0 aromatic carbocycles. The van der Waals surface area contributed by atoms with Crippen LogP contribution < -0.4 is 5.56 Å². The quantitative estimate of drug-likeness (QED) is 0.773. The summed E-state index contributed by atoms with van der Waals surface area (Å²) in [5.74, 6) is 0.405. The van der Waals surface area contributed by atoms with Gasteiger partial charge in [0, 0.05) is 19.1 Å². The number of amides is 1. The van der Waals surface area contributed by atoms with E-state index in [-0.39, 0.29) is 18.0 Å². The minimum atomic E-state index is -0.297.